The Hall–Kier alpha value is -2.18. The van der Waals surface area contributed by atoms with Crippen molar-refractivity contribution in [2.75, 3.05) is 0 Å². The van der Waals surface area contributed by atoms with Crippen LogP contribution in [0.25, 0.3) is 0 Å². The summed E-state index contributed by atoms with van der Waals surface area (Å²) < 4.78 is 26.9. The molecule has 0 spiro atoms. The van der Waals surface area contributed by atoms with Crippen LogP contribution in [-0.4, -0.2) is 25.5 Å². The van der Waals surface area contributed by atoms with Crippen molar-refractivity contribution in [1.29, 1.82) is 0 Å². The zero-order chi connectivity index (χ0) is 16.9. The van der Waals surface area contributed by atoms with Gasteiger partial charge in [0, 0.05) is 0 Å². The van der Waals surface area contributed by atoms with Crippen molar-refractivity contribution in [2.45, 2.75) is 30.7 Å². The smallest absolute Gasteiger partial charge is 0.321 e. The lowest BCUT2D eigenvalue weighted by Gasteiger charge is -2.15. The van der Waals surface area contributed by atoms with Crippen LogP contribution in [0.1, 0.15) is 17.5 Å². The second-order valence-corrected chi connectivity index (χ2v) is 7.06. The number of aryl methyl sites for hydroxylation is 2. The van der Waals surface area contributed by atoms with E-state index >= 15 is 0 Å². The Bertz CT molecular complexity index is 755. The van der Waals surface area contributed by atoms with E-state index in [1.165, 1.54) is 12.1 Å². The summed E-state index contributed by atoms with van der Waals surface area (Å²) in [4.78, 5) is 11.4. The molecule has 2 rings (SSSR count). The minimum atomic E-state index is -3.86. The standard InChI is InChI=1S/C17H19NO4S/c1-13-7-10-15(11-8-13)23(21,22)18-16(17(19)20)12-9-14-5-3-2-4-6-14/h2-8,10-11,16,18H,9,12H2,1H3,(H,19,20). The third kappa shape index (κ3) is 4.91. The molecule has 0 fully saturated rings. The molecule has 122 valence electrons. The Kier molecular flexibility index (Phi) is 5.52. The van der Waals surface area contributed by atoms with Gasteiger partial charge >= 0.3 is 5.97 Å². The second-order valence-electron chi connectivity index (χ2n) is 5.35. The molecule has 1 atom stereocenters. The van der Waals surface area contributed by atoms with Gasteiger partial charge in [0.15, 0.2) is 0 Å². The van der Waals surface area contributed by atoms with Crippen LogP contribution in [0.4, 0.5) is 0 Å². The fourth-order valence-corrected chi connectivity index (χ4v) is 3.38. The topological polar surface area (TPSA) is 83.5 Å². The van der Waals surface area contributed by atoms with E-state index in [4.69, 9.17) is 0 Å². The molecule has 0 aliphatic rings. The predicted octanol–water partition coefficient (Wildman–Crippen LogP) is 2.36. The lowest BCUT2D eigenvalue weighted by molar-refractivity contribution is -0.139. The number of sulfonamides is 1. The lowest BCUT2D eigenvalue weighted by Crippen LogP contribution is -2.41. The highest BCUT2D eigenvalue weighted by atomic mass is 32.2. The van der Waals surface area contributed by atoms with E-state index < -0.39 is 22.0 Å². The Morgan fingerprint density at radius 1 is 1.09 bits per heavy atom. The van der Waals surface area contributed by atoms with Gasteiger partial charge in [0.05, 0.1) is 4.90 Å². The number of rotatable bonds is 7. The van der Waals surface area contributed by atoms with E-state index in [0.29, 0.717) is 6.42 Å². The van der Waals surface area contributed by atoms with E-state index in [-0.39, 0.29) is 11.3 Å². The molecule has 2 aromatic carbocycles. The third-order valence-corrected chi connectivity index (χ3v) is 4.98. The van der Waals surface area contributed by atoms with Crippen molar-refractivity contribution in [3.8, 4) is 0 Å². The molecule has 6 heteroatoms. The second kappa shape index (κ2) is 7.39. The largest absolute Gasteiger partial charge is 0.480 e. The molecule has 2 aromatic rings. The maximum Gasteiger partial charge on any atom is 0.321 e. The van der Waals surface area contributed by atoms with Crippen LogP contribution in [-0.2, 0) is 21.2 Å². The van der Waals surface area contributed by atoms with E-state index in [1.54, 1.807) is 12.1 Å². The van der Waals surface area contributed by atoms with Crippen molar-refractivity contribution in [2.24, 2.45) is 0 Å². The minimum absolute atomic E-state index is 0.0639. The number of carboxylic acids is 1. The van der Waals surface area contributed by atoms with Gasteiger partial charge in [-0.15, -0.1) is 0 Å². The first-order chi connectivity index (χ1) is 10.9. The monoisotopic (exact) mass is 333 g/mol. The van der Waals surface area contributed by atoms with Gasteiger partial charge in [0.25, 0.3) is 0 Å². The molecule has 1 unspecified atom stereocenters. The number of carboxylic acid groups (broad SMARTS) is 1. The Balaban J connectivity index is 2.09. The highest BCUT2D eigenvalue weighted by Crippen LogP contribution is 2.12. The summed E-state index contributed by atoms with van der Waals surface area (Å²) in [5, 5.41) is 9.28. The number of hydrogen-bond donors (Lipinski definition) is 2. The van der Waals surface area contributed by atoms with Gasteiger partial charge in [-0.25, -0.2) is 8.42 Å². The van der Waals surface area contributed by atoms with Gasteiger partial charge in [-0.05, 0) is 37.5 Å². The van der Waals surface area contributed by atoms with E-state index in [1.807, 2.05) is 37.3 Å². The Morgan fingerprint density at radius 2 is 1.70 bits per heavy atom. The van der Waals surface area contributed by atoms with E-state index in [0.717, 1.165) is 11.1 Å². The molecule has 0 heterocycles. The number of benzene rings is 2. The number of hydrogen-bond acceptors (Lipinski definition) is 3. The molecule has 0 saturated carbocycles. The summed E-state index contributed by atoms with van der Waals surface area (Å²) in [5.74, 6) is -1.18. The minimum Gasteiger partial charge on any atom is -0.480 e. The van der Waals surface area contributed by atoms with Gasteiger partial charge in [-0.2, -0.15) is 4.72 Å². The van der Waals surface area contributed by atoms with Crippen LogP contribution in [0.2, 0.25) is 0 Å². The number of nitrogens with one attached hydrogen (secondary N) is 1. The van der Waals surface area contributed by atoms with Crippen molar-refractivity contribution >= 4 is 16.0 Å². The predicted molar refractivity (Wildman–Crippen MR) is 87.7 cm³/mol. The van der Waals surface area contributed by atoms with Crippen LogP contribution < -0.4 is 4.72 Å². The maximum absolute atomic E-state index is 12.3. The highest BCUT2D eigenvalue weighted by Gasteiger charge is 2.25. The Morgan fingerprint density at radius 3 is 2.26 bits per heavy atom. The fraction of sp³-hybridized carbons (Fsp3) is 0.235. The number of carbonyl (C=O) groups is 1. The van der Waals surface area contributed by atoms with Crippen molar-refractivity contribution in [3.05, 3.63) is 65.7 Å². The fourth-order valence-electron chi connectivity index (χ4n) is 2.16. The molecular weight excluding hydrogens is 314 g/mol. The average molecular weight is 333 g/mol. The zero-order valence-corrected chi connectivity index (χ0v) is 13.6. The van der Waals surface area contributed by atoms with Gasteiger partial charge < -0.3 is 5.11 Å². The SMILES string of the molecule is Cc1ccc(S(=O)(=O)NC(CCc2ccccc2)C(=O)O)cc1. The average Bonchev–Trinajstić information content (AvgIpc) is 2.52. The molecular formula is C17H19NO4S. The summed E-state index contributed by atoms with van der Waals surface area (Å²) >= 11 is 0. The quantitative estimate of drug-likeness (QED) is 0.815. The van der Waals surface area contributed by atoms with Gasteiger partial charge in [-0.1, -0.05) is 48.0 Å². The van der Waals surface area contributed by atoms with Crippen LogP contribution >= 0.6 is 0 Å². The zero-order valence-electron chi connectivity index (χ0n) is 12.8. The van der Waals surface area contributed by atoms with E-state index in [9.17, 15) is 18.3 Å². The van der Waals surface area contributed by atoms with Gasteiger partial charge in [0.2, 0.25) is 10.0 Å². The molecule has 0 aromatic heterocycles. The molecule has 0 amide bonds. The summed E-state index contributed by atoms with van der Waals surface area (Å²) in [6.07, 6.45) is 0.665. The summed E-state index contributed by atoms with van der Waals surface area (Å²) in [5.41, 5.74) is 1.90. The molecule has 0 saturated heterocycles. The molecule has 0 aliphatic carbocycles. The number of aliphatic carboxylic acids is 1. The van der Waals surface area contributed by atoms with Crippen LogP contribution in [0, 0.1) is 6.92 Å². The van der Waals surface area contributed by atoms with Crippen LogP contribution in [0.3, 0.4) is 0 Å². The van der Waals surface area contributed by atoms with Gasteiger partial charge in [0.1, 0.15) is 6.04 Å². The molecule has 23 heavy (non-hydrogen) atoms. The molecule has 0 radical (unpaired) electrons. The Labute approximate surface area is 136 Å². The summed E-state index contributed by atoms with van der Waals surface area (Å²) in [6.45, 7) is 1.85. The van der Waals surface area contributed by atoms with Crippen molar-refractivity contribution < 1.29 is 18.3 Å². The highest BCUT2D eigenvalue weighted by molar-refractivity contribution is 7.89. The third-order valence-electron chi connectivity index (χ3n) is 3.49. The van der Waals surface area contributed by atoms with Crippen LogP contribution in [0.15, 0.2) is 59.5 Å². The van der Waals surface area contributed by atoms with Crippen molar-refractivity contribution in [3.63, 3.8) is 0 Å². The molecule has 5 nitrogen and oxygen atoms in total. The first kappa shape index (κ1) is 17.2. The maximum atomic E-state index is 12.3. The molecule has 0 bridgehead atoms. The first-order valence-electron chi connectivity index (χ1n) is 7.24. The van der Waals surface area contributed by atoms with Crippen molar-refractivity contribution in [1.82, 2.24) is 4.72 Å². The normalized spacial score (nSPS) is 12.7. The first-order valence-corrected chi connectivity index (χ1v) is 8.72. The van der Waals surface area contributed by atoms with E-state index in [2.05, 4.69) is 4.72 Å². The molecule has 0 aliphatic heterocycles. The lowest BCUT2D eigenvalue weighted by atomic mass is 10.1. The van der Waals surface area contributed by atoms with Gasteiger partial charge in [-0.3, -0.25) is 4.79 Å². The van der Waals surface area contributed by atoms with Crippen LogP contribution in [0.5, 0.6) is 0 Å². The molecule has 2 N–H and O–H groups in total. The summed E-state index contributed by atoms with van der Waals surface area (Å²) in [7, 11) is -3.86. The summed E-state index contributed by atoms with van der Waals surface area (Å²) in [6, 6.07) is 14.5.